The molecule has 0 N–H and O–H groups in total. The Hall–Kier alpha value is 3.54. The predicted molar refractivity (Wildman–Crippen MR) is 111 cm³/mol. The maximum Gasteiger partial charge on any atom is 0.160 e. The Labute approximate surface area is 181 Å². The quantitative estimate of drug-likeness (QED) is 0.231. The van der Waals surface area contributed by atoms with Crippen LogP contribution in [0.3, 0.4) is 0 Å². The third-order valence-corrected chi connectivity index (χ3v) is 5.59. The zero-order valence-electron chi connectivity index (χ0n) is 8.06. The maximum absolute atomic E-state index is 3.52. The van der Waals surface area contributed by atoms with Crippen LogP contribution in [0.15, 0.2) is 12.1 Å². The molecule has 0 bridgehead atoms. The van der Waals surface area contributed by atoms with Crippen LogP contribution in [-0.4, -0.2) is 0 Å². The van der Waals surface area contributed by atoms with Crippen LogP contribution in [0.4, 0.5) is 0 Å². The largest absolute Gasteiger partial charge is 0.160 e. The monoisotopic (exact) mass is 820 g/mol. The van der Waals surface area contributed by atoms with Crippen LogP contribution in [-0.2, 0) is 6.43 Å². The first-order valence-electron chi connectivity index (χ1n) is 4.11. The predicted octanol–water partition coefficient (Wildman–Crippen LogP) is 8.37. The maximum atomic E-state index is 3.52. The summed E-state index contributed by atoms with van der Waals surface area (Å²) in [5.74, 6) is 0. The van der Waals surface area contributed by atoms with E-state index in [1.54, 1.807) is 0 Å². The molecule has 1 rings (SSSR count). The Morgan fingerprint density at radius 3 is 1.50 bits per heavy atom. The Balaban J connectivity index is 3.50. The van der Waals surface area contributed by atoms with E-state index in [0.717, 1.165) is 16.7 Å². The first-order valence-corrected chi connectivity index (χ1v) is 11.2. The van der Waals surface area contributed by atoms with Gasteiger partial charge in [0.1, 0.15) is 0 Å². The molecule has 0 unspecified atom stereocenters. The summed E-state index contributed by atoms with van der Waals surface area (Å²) in [7, 11) is 0. The van der Waals surface area contributed by atoms with Gasteiger partial charge in [-0.3, -0.25) is 0 Å². The Morgan fingerprint density at radius 1 is 0.667 bits per heavy atom. The zero-order chi connectivity index (χ0) is 14.4. The van der Waals surface area contributed by atoms with E-state index in [2.05, 4.69) is 149 Å². The van der Waals surface area contributed by atoms with Crippen LogP contribution in [0.25, 0.3) is 0 Å². The molecule has 0 aliphatic heterocycles. The summed E-state index contributed by atoms with van der Waals surface area (Å²) < 4.78 is -1.60. The van der Waals surface area contributed by atoms with Gasteiger partial charge in [0.15, 0.2) is 6.43 Å². The Bertz CT molecular complexity index is 435. The van der Waals surface area contributed by atoms with Crippen LogP contribution in [0.2, 0.25) is 0 Å². The van der Waals surface area contributed by atoms with E-state index in [9.17, 15) is 0 Å². The molecule has 1 aromatic carbocycles. The van der Waals surface area contributed by atoms with Crippen molar-refractivity contribution in [3.8, 4) is 0 Å². The summed E-state index contributed by atoms with van der Waals surface area (Å²) in [6.07, 6.45) is 0. The molecular formula is C9H2Br9. The van der Waals surface area contributed by atoms with Crippen molar-refractivity contribution in [3.05, 3.63) is 34.9 Å². The van der Waals surface area contributed by atoms with Crippen molar-refractivity contribution >= 4 is 143 Å². The molecule has 0 nitrogen and oxygen atoms in total. The van der Waals surface area contributed by atoms with Crippen LogP contribution < -0.4 is 0 Å². The lowest BCUT2D eigenvalue weighted by molar-refractivity contribution is 1.19. The molecule has 1 radical (unpaired) electrons. The lowest BCUT2D eigenvalue weighted by Crippen LogP contribution is -2.12. The first-order chi connectivity index (χ1) is 7.83. The summed E-state index contributed by atoms with van der Waals surface area (Å²) in [6, 6.07) is 7.26. The van der Waals surface area contributed by atoms with Gasteiger partial charge in [-0.15, -0.1) is 0 Å². The minimum absolute atomic E-state index is 0.508. The summed E-state index contributed by atoms with van der Waals surface area (Å²) in [6.45, 7) is 0. The first kappa shape index (κ1) is 19.6. The van der Waals surface area contributed by atoms with Crippen LogP contribution in [0.5, 0.6) is 0 Å². The third kappa shape index (κ3) is 5.63. The lowest BCUT2D eigenvalue weighted by atomic mass is 10.1. The van der Waals surface area contributed by atoms with E-state index in [1.165, 1.54) is 0 Å². The molecule has 0 spiro atoms. The van der Waals surface area contributed by atoms with E-state index < -0.39 is 6.43 Å². The van der Waals surface area contributed by atoms with Gasteiger partial charge in [0.05, 0.1) is 0 Å². The molecule has 0 aliphatic carbocycles. The second kappa shape index (κ2) is 6.97. The molecule has 9 heteroatoms. The van der Waals surface area contributed by atoms with E-state index in [-0.39, 0.29) is 0 Å². The van der Waals surface area contributed by atoms with Crippen LogP contribution in [0.1, 0.15) is 16.7 Å². The Kier molecular flexibility index (Phi) is 7.59. The summed E-state index contributed by atoms with van der Waals surface area (Å²) in [4.78, 5) is 0. The highest BCUT2D eigenvalue weighted by atomic mass is 80.0. The molecule has 101 valence electrons. The summed E-state index contributed by atoms with van der Waals surface area (Å²) in [5.41, 5.74) is 2.75. The van der Waals surface area contributed by atoms with Gasteiger partial charge in [-0.2, -0.15) is 0 Å². The van der Waals surface area contributed by atoms with Crippen molar-refractivity contribution in [2.75, 3.05) is 0 Å². The highest BCUT2D eigenvalue weighted by molar-refractivity contribution is 9.39. The molecule has 0 amide bonds. The van der Waals surface area contributed by atoms with Crippen LogP contribution in [0, 0.1) is 6.07 Å². The normalized spacial score (nSPS) is 13.8. The van der Waals surface area contributed by atoms with Gasteiger partial charge >= 0.3 is 0 Å². The highest BCUT2D eigenvalue weighted by Gasteiger charge is 2.34. The molecule has 0 aromatic heterocycles. The van der Waals surface area contributed by atoms with Crippen molar-refractivity contribution in [1.29, 1.82) is 0 Å². The zero-order valence-corrected chi connectivity index (χ0v) is 22.3. The second-order valence-electron chi connectivity index (χ2n) is 3.15. The standard InChI is InChI=1S/C9H2Br9/c10-7(11,12)4-1-2-5(8(13,14)15)6(3-4)9(16,17)18/h1-2H. The molecule has 0 heterocycles. The number of hydrogen-bond donors (Lipinski definition) is 0. The number of rotatable bonds is 0. The average Bonchev–Trinajstić information content (AvgIpc) is 2.12. The van der Waals surface area contributed by atoms with Gasteiger partial charge in [0, 0.05) is 5.56 Å². The van der Waals surface area contributed by atoms with Crippen molar-refractivity contribution in [2.24, 2.45) is 0 Å². The molecular weight excluding hydrogens is 827 g/mol. The van der Waals surface area contributed by atoms with Gasteiger partial charge in [-0.05, 0) is 17.2 Å². The smallest absolute Gasteiger partial charge is 0.0551 e. The van der Waals surface area contributed by atoms with Crippen molar-refractivity contribution in [2.45, 2.75) is 6.43 Å². The number of benzene rings is 1. The average molecular weight is 829 g/mol. The fraction of sp³-hybridized carbons (Fsp3) is 0.333. The number of hydrogen-bond acceptors (Lipinski definition) is 0. The van der Waals surface area contributed by atoms with E-state index >= 15 is 0 Å². The van der Waals surface area contributed by atoms with Gasteiger partial charge in [0.2, 0.25) is 0 Å². The molecule has 1 aromatic rings. The highest BCUT2D eigenvalue weighted by Crippen LogP contribution is 2.55. The van der Waals surface area contributed by atoms with Crippen molar-refractivity contribution in [1.82, 2.24) is 0 Å². The minimum Gasteiger partial charge on any atom is -0.0551 e. The Morgan fingerprint density at radius 2 is 1.17 bits per heavy atom. The fourth-order valence-electron chi connectivity index (χ4n) is 1.12. The van der Waals surface area contributed by atoms with Gasteiger partial charge in [0.25, 0.3) is 0 Å². The SMILES string of the molecule is BrC(Br)(Br)c1[c]c(C(Br)(Br)Br)c(C(Br)(Br)Br)cc1. The van der Waals surface area contributed by atoms with Crippen molar-refractivity contribution in [3.63, 3.8) is 0 Å². The van der Waals surface area contributed by atoms with E-state index in [0.29, 0.717) is 0 Å². The molecule has 18 heavy (non-hydrogen) atoms. The molecule has 0 aliphatic rings. The fourth-order valence-corrected chi connectivity index (χ4v) is 3.74. The summed E-state index contributed by atoms with van der Waals surface area (Å²) >= 11 is 31.6. The molecule has 0 saturated heterocycles. The molecule has 0 atom stereocenters. The van der Waals surface area contributed by atoms with E-state index in [1.807, 2.05) is 12.1 Å². The lowest BCUT2D eigenvalue weighted by Gasteiger charge is -2.25. The number of alkyl halides is 9. The van der Waals surface area contributed by atoms with Gasteiger partial charge < -0.3 is 0 Å². The van der Waals surface area contributed by atoms with Crippen LogP contribution >= 0.6 is 143 Å². The van der Waals surface area contributed by atoms with Crippen molar-refractivity contribution < 1.29 is 0 Å². The van der Waals surface area contributed by atoms with E-state index in [4.69, 9.17) is 0 Å². The second-order valence-corrected chi connectivity index (χ2v) is 23.4. The van der Waals surface area contributed by atoms with Gasteiger partial charge in [-0.25, -0.2) is 0 Å². The number of halogens is 9. The topological polar surface area (TPSA) is 0 Å². The molecule has 0 fully saturated rings. The minimum atomic E-state index is -0.572. The molecule has 0 saturated carbocycles. The summed E-state index contributed by atoms with van der Waals surface area (Å²) in [5, 5.41) is 0. The third-order valence-electron chi connectivity index (χ3n) is 1.84. The van der Waals surface area contributed by atoms with Gasteiger partial charge in [-0.1, -0.05) is 156 Å².